The van der Waals surface area contributed by atoms with Crippen molar-refractivity contribution in [3.05, 3.63) is 102 Å². The summed E-state index contributed by atoms with van der Waals surface area (Å²) in [5.74, 6) is 0.348. The van der Waals surface area contributed by atoms with E-state index in [0.29, 0.717) is 34.6 Å². The molecule has 6 atom stereocenters. The van der Waals surface area contributed by atoms with Crippen molar-refractivity contribution in [3.63, 3.8) is 0 Å². The summed E-state index contributed by atoms with van der Waals surface area (Å²) in [5, 5.41) is 18.1. The Morgan fingerprint density at radius 3 is 2.23 bits per heavy atom. The van der Waals surface area contributed by atoms with Crippen molar-refractivity contribution in [1.29, 1.82) is 0 Å². The van der Waals surface area contributed by atoms with Crippen molar-refractivity contribution in [2.75, 3.05) is 13.7 Å². The summed E-state index contributed by atoms with van der Waals surface area (Å²) in [7, 11) is 1.39. The van der Waals surface area contributed by atoms with Crippen LogP contribution < -0.4 is 25.7 Å². The number of carbonyl (C=O) groups excluding carboxylic acids is 2. The minimum atomic E-state index is -1.41. The van der Waals surface area contributed by atoms with Crippen LogP contribution in [0.4, 0.5) is 0 Å². The number of aryl methyl sites for hydroxylation is 1. The van der Waals surface area contributed by atoms with Crippen LogP contribution in [0.2, 0.25) is 0 Å². The van der Waals surface area contributed by atoms with Crippen LogP contribution in [0.15, 0.2) is 35.7 Å². The number of fused-ring (bicyclic) bond motifs is 7. The first-order valence-electron chi connectivity index (χ1n) is 23.7. The molecule has 3 aromatic heterocycles. The van der Waals surface area contributed by atoms with Gasteiger partial charge in [-0.15, -0.1) is 33.5 Å². The Morgan fingerprint density at radius 1 is 0.906 bits per heavy atom. The molecule has 1 saturated heterocycles. The number of hydrogen-bond acceptors (Lipinski definition) is 5. The van der Waals surface area contributed by atoms with Crippen LogP contribution in [0, 0.1) is 49.4 Å². The normalized spacial score (nSPS) is 22.4. The third-order valence-corrected chi connectivity index (χ3v) is 13.9. The smallest absolute Gasteiger partial charge is 0.664 e. The SMILES string of the molecule is C=Cc1c2[n-]c(c1C)/C=C1\[N-]/C(=C3\c4[n-]c(c(C)c4C(=O)[C@@H]3C(O)OC)/C=c3\[n-]/c(cc3CC)=C\2)[C@@H](CCC(=O)OC/C=C(/C)CCC[C@H](C)CCC[C@H](C)CCCC(C)C)[C@@H]1C.[Mg+2]. The van der Waals surface area contributed by atoms with E-state index in [0.717, 1.165) is 87.1 Å². The zero-order valence-corrected chi connectivity index (χ0v) is 41.9. The van der Waals surface area contributed by atoms with E-state index >= 15 is 0 Å². The first-order chi connectivity index (χ1) is 30.1. The van der Waals surface area contributed by atoms with Crippen LogP contribution in [-0.4, -0.2) is 59.9 Å². The van der Waals surface area contributed by atoms with Gasteiger partial charge < -0.3 is 34.8 Å². The zero-order chi connectivity index (χ0) is 45.5. The van der Waals surface area contributed by atoms with Gasteiger partial charge in [0.15, 0.2) is 12.1 Å². The van der Waals surface area contributed by atoms with Gasteiger partial charge in [-0.25, -0.2) is 0 Å². The predicted octanol–water partition coefficient (Wildman–Crippen LogP) is 9.85. The van der Waals surface area contributed by atoms with Gasteiger partial charge in [0, 0.05) is 19.1 Å². The van der Waals surface area contributed by atoms with Crippen LogP contribution in [0.25, 0.3) is 35.2 Å². The maximum Gasteiger partial charge on any atom is 2.00 e. The predicted molar refractivity (Wildman–Crippen MR) is 261 cm³/mol. The van der Waals surface area contributed by atoms with E-state index in [1.54, 1.807) is 0 Å². The zero-order valence-electron chi connectivity index (χ0n) is 40.5. The molecule has 0 saturated carbocycles. The van der Waals surface area contributed by atoms with E-state index in [1.165, 1.54) is 57.6 Å². The molecule has 0 amide bonds. The Kier molecular flexibility index (Phi) is 18.4. The van der Waals surface area contributed by atoms with E-state index < -0.39 is 12.2 Å². The van der Waals surface area contributed by atoms with Crippen LogP contribution in [-0.2, 0) is 20.7 Å². The van der Waals surface area contributed by atoms with Crippen molar-refractivity contribution in [3.8, 4) is 0 Å². The number of esters is 1. The molecule has 1 aliphatic carbocycles. The van der Waals surface area contributed by atoms with Crippen LogP contribution in [0.3, 0.4) is 0 Å². The second kappa shape index (κ2) is 23.1. The monoisotopic (exact) mass is 881 g/mol. The molecule has 0 radical (unpaired) electrons. The number of allylic oxidation sites excluding steroid dienone is 3. The van der Waals surface area contributed by atoms with Crippen molar-refractivity contribution in [2.24, 2.45) is 35.5 Å². The fraction of sp³-hybridized carbons (Fsp3) is 0.556. The van der Waals surface area contributed by atoms with Crippen LogP contribution in [0.1, 0.15) is 174 Å². The standard InChI is InChI=1S/C54H73N4O5.Mg/c1-12-38-27-39-28-46-40(13-2)35(8)42(56-46)29-43-36(9)41(51(57-43)49-50(54(61)62-11)53(60)48-37(10)44(58-52(48)49)30-45(38)55-39)23-24-47(59)63-26-25-34(7)22-16-21-33(6)20-15-19-32(5)18-14-17-31(3)4;/h13,25,27-33,36,41,50,54,61H,2,12,14-24,26H2,1,3-11H3,(H-,57,58,60);/q-3;+2/p-1/b34-25-,39-28-,43-29-,45-30-;/t32-,33-,36+,41+,50-,54?;/m1./s1. The van der Waals surface area contributed by atoms with Gasteiger partial charge in [-0.1, -0.05) is 151 Å². The van der Waals surface area contributed by atoms with Crippen molar-refractivity contribution < 1.29 is 24.2 Å². The van der Waals surface area contributed by atoms with Crippen molar-refractivity contribution >= 4 is 64.7 Å². The van der Waals surface area contributed by atoms with Crippen molar-refractivity contribution in [2.45, 2.75) is 146 Å². The number of Topliss-reactive ketones (excluding diaryl/α,β-unsaturated/α-hetero) is 1. The first-order valence-corrected chi connectivity index (χ1v) is 23.7. The number of rotatable bonds is 21. The molecule has 2 aliphatic heterocycles. The number of carbonyl (C=O) groups is 2. The molecule has 6 rings (SSSR count). The molecule has 3 aromatic rings. The van der Waals surface area contributed by atoms with E-state index in [-0.39, 0.29) is 59.7 Å². The summed E-state index contributed by atoms with van der Waals surface area (Å²) in [6.07, 6.45) is 21.1. The third kappa shape index (κ3) is 11.8. The van der Waals surface area contributed by atoms with E-state index in [2.05, 4.69) is 61.1 Å². The molecule has 5 heterocycles. The van der Waals surface area contributed by atoms with E-state index in [1.807, 2.05) is 44.2 Å². The van der Waals surface area contributed by atoms with Crippen LogP contribution >= 0.6 is 0 Å². The maximum atomic E-state index is 14.4. The Labute approximate surface area is 399 Å². The number of ketones is 1. The maximum absolute atomic E-state index is 14.4. The first kappa shape index (κ1) is 51.2. The molecule has 3 aliphatic rings. The number of ether oxygens (including phenoxy) is 2. The number of nitrogens with zero attached hydrogens (tertiary/aromatic N) is 4. The fourth-order valence-corrected chi connectivity index (χ4v) is 9.83. The number of aromatic nitrogens is 3. The summed E-state index contributed by atoms with van der Waals surface area (Å²) in [6, 6.07) is 2.07. The van der Waals surface area contributed by atoms with Crippen LogP contribution in [0.5, 0.6) is 0 Å². The molecule has 0 aromatic carbocycles. The van der Waals surface area contributed by atoms with Gasteiger partial charge in [0.05, 0.1) is 5.92 Å². The molecule has 1 unspecified atom stereocenters. The molecular formula is C54H72MgN4O5-2. The molecule has 0 spiro atoms. The third-order valence-electron chi connectivity index (χ3n) is 13.9. The molecule has 1 fully saturated rings. The Bertz CT molecular complexity index is 2350. The van der Waals surface area contributed by atoms with Gasteiger partial charge in [0.2, 0.25) is 0 Å². The Balaban J connectivity index is 0.00000771. The quantitative estimate of drug-likeness (QED) is 0.0485. The van der Waals surface area contributed by atoms with E-state index in [4.69, 9.17) is 29.7 Å². The number of methoxy groups -OCH3 is 1. The second-order valence-corrected chi connectivity index (χ2v) is 19.2. The average Bonchev–Trinajstić information content (AvgIpc) is 4.01. The molecule has 8 bridgehead atoms. The summed E-state index contributed by atoms with van der Waals surface area (Å²) >= 11 is 0. The Hall–Kier alpha value is -3.83. The summed E-state index contributed by atoms with van der Waals surface area (Å²) in [4.78, 5) is 42.9. The van der Waals surface area contributed by atoms with Gasteiger partial charge in [-0.3, -0.25) is 9.59 Å². The minimum absolute atomic E-state index is 0. The minimum Gasteiger partial charge on any atom is -0.664 e. The topological polar surface area (TPSA) is 129 Å². The number of hydrogen-bond donors (Lipinski definition) is 1. The van der Waals surface area contributed by atoms with Gasteiger partial charge in [-0.2, -0.15) is 11.4 Å². The molecule has 342 valence electrons. The van der Waals surface area contributed by atoms with Gasteiger partial charge in [0.1, 0.15) is 6.61 Å². The van der Waals surface area contributed by atoms with Crippen molar-refractivity contribution in [1.82, 2.24) is 15.0 Å². The number of aliphatic hydroxyl groups is 1. The molecule has 9 nitrogen and oxygen atoms in total. The molecule has 10 heteroatoms. The largest absolute Gasteiger partial charge is 2.00 e. The summed E-state index contributed by atoms with van der Waals surface area (Å²) in [6.45, 7) is 24.0. The molecular weight excluding hydrogens is 809 g/mol. The molecule has 1 N–H and O–H groups in total. The second-order valence-electron chi connectivity index (χ2n) is 19.2. The average molecular weight is 881 g/mol. The Morgan fingerprint density at radius 2 is 1.58 bits per heavy atom. The summed E-state index contributed by atoms with van der Waals surface area (Å²) in [5.41, 5.74) is 10.0. The number of aliphatic hydroxyl groups excluding tert-OH is 1. The molecule has 64 heavy (non-hydrogen) atoms. The van der Waals surface area contributed by atoms with Gasteiger partial charge in [0.25, 0.3) is 0 Å². The van der Waals surface area contributed by atoms with E-state index in [9.17, 15) is 14.7 Å². The van der Waals surface area contributed by atoms with Gasteiger partial charge in [-0.05, 0) is 87.7 Å². The summed E-state index contributed by atoms with van der Waals surface area (Å²) < 4.78 is 11.2. The van der Waals surface area contributed by atoms with Gasteiger partial charge >= 0.3 is 29.0 Å². The fourth-order valence-electron chi connectivity index (χ4n) is 9.83.